The molecule has 1 aliphatic heterocycles. The highest BCUT2D eigenvalue weighted by Crippen LogP contribution is 2.35. The molecule has 4 rings (SSSR count). The molecule has 178 valence electrons. The number of thioether (sulfide) groups is 1. The summed E-state index contributed by atoms with van der Waals surface area (Å²) in [6, 6.07) is 18.5. The van der Waals surface area contributed by atoms with Gasteiger partial charge in [-0.15, -0.1) is 0 Å². The molecular weight excluding hydrogens is 464 g/mol. The highest BCUT2D eigenvalue weighted by molar-refractivity contribution is 8.18. The highest BCUT2D eigenvalue weighted by atomic mass is 32.2. The van der Waals surface area contributed by atoms with Gasteiger partial charge in [-0.1, -0.05) is 55.1 Å². The Hall–Kier alpha value is -4.04. The van der Waals surface area contributed by atoms with E-state index in [0.717, 1.165) is 27.4 Å². The molecule has 3 aromatic rings. The summed E-state index contributed by atoms with van der Waals surface area (Å²) in [4.78, 5) is 39.3. The van der Waals surface area contributed by atoms with Gasteiger partial charge in [0.1, 0.15) is 13.2 Å². The van der Waals surface area contributed by atoms with Crippen molar-refractivity contribution >= 4 is 51.4 Å². The lowest BCUT2D eigenvalue weighted by atomic mass is 10.1. The zero-order chi connectivity index (χ0) is 24.8. The third-order valence-electron chi connectivity index (χ3n) is 5.16. The first-order valence-corrected chi connectivity index (χ1v) is 11.9. The molecule has 0 radical (unpaired) electrons. The van der Waals surface area contributed by atoms with E-state index in [-0.39, 0.29) is 11.4 Å². The van der Waals surface area contributed by atoms with Gasteiger partial charge in [-0.3, -0.25) is 19.3 Å². The predicted octanol–water partition coefficient (Wildman–Crippen LogP) is 5.48. The standard InChI is InChI=1S/C27H24N2O5S/c1-3-14-34-22-13-12-18(15-23(22)33-4-2)16-24-26(31)29(27(32)35-24)17-25(30)28-21-11-7-9-19-8-5-6-10-20(19)21/h3,5-13,15-16H,1,4,14,17H2,2H3,(H,28,30)/b24-16+. The van der Waals surface area contributed by atoms with E-state index in [0.29, 0.717) is 36.0 Å². The number of rotatable bonds is 9. The van der Waals surface area contributed by atoms with E-state index in [2.05, 4.69) is 11.9 Å². The van der Waals surface area contributed by atoms with E-state index in [9.17, 15) is 14.4 Å². The maximum Gasteiger partial charge on any atom is 0.294 e. The van der Waals surface area contributed by atoms with Gasteiger partial charge in [0.2, 0.25) is 5.91 Å². The Morgan fingerprint density at radius 2 is 1.86 bits per heavy atom. The van der Waals surface area contributed by atoms with Crippen molar-refractivity contribution < 1.29 is 23.9 Å². The Morgan fingerprint density at radius 3 is 2.66 bits per heavy atom. The molecule has 1 heterocycles. The fourth-order valence-electron chi connectivity index (χ4n) is 3.61. The average Bonchev–Trinajstić information content (AvgIpc) is 3.11. The van der Waals surface area contributed by atoms with Gasteiger partial charge < -0.3 is 14.8 Å². The fourth-order valence-corrected chi connectivity index (χ4v) is 4.44. The van der Waals surface area contributed by atoms with Crippen LogP contribution in [0.1, 0.15) is 12.5 Å². The van der Waals surface area contributed by atoms with Crippen molar-refractivity contribution in [3.05, 3.63) is 83.8 Å². The maximum absolute atomic E-state index is 12.9. The second kappa shape index (κ2) is 10.9. The Balaban J connectivity index is 1.48. The second-order valence-electron chi connectivity index (χ2n) is 7.58. The van der Waals surface area contributed by atoms with E-state index in [1.807, 2.05) is 43.3 Å². The molecule has 0 bridgehead atoms. The molecule has 0 aromatic heterocycles. The van der Waals surface area contributed by atoms with Crippen LogP contribution in [0.15, 0.2) is 78.2 Å². The SMILES string of the molecule is C=CCOc1ccc(/C=C2/SC(=O)N(CC(=O)Nc3cccc4ccccc34)C2=O)cc1OCC. The lowest BCUT2D eigenvalue weighted by Crippen LogP contribution is -2.36. The first-order valence-electron chi connectivity index (χ1n) is 11.0. The molecule has 1 aliphatic rings. The molecule has 8 heteroatoms. The fraction of sp³-hybridized carbons (Fsp3) is 0.148. The number of benzene rings is 3. The van der Waals surface area contributed by atoms with Gasteiger partial charge in [-0.25, -0.2) is 0 Å². The van der Waals surface area contributed by atoms with Gasteiger partial charge >= 0.3 is 0 Å². The summed E-state index contributed by atoms with van der Waals surface area (Å²) < 4.78 is 11.2. The number of anilines is 1. The predicted molar refractivity (Wildman–Crippen MR) is 139 cm³/mol. The van der Waals surface area contributed by atoms with Crippen LogP contribution < -0.4 is 14.8 Å². The normalized spacial score (nSPS) is 14.4. The van der Waals surface area contributed by atoms with Crippen molar-refractivity contribution in [2.75, 3.05) is 25.1 Å². The van der Waals surface area contributed by atoms with Gasteiger partial charge in [0.25, 0.3) is 11.1 Å². The first-order chi connectivity index (χ1) is 17.0. The van der Waals surface area contributed by atoms with Crippen LogP contribution in [-0.4, -0.2) is 41.7 Å². The summed E-state index contributed by atoms with van der Waals surface area (Å²) >= 11 is 0.798. The van der Waals surface area contributed by atoms with Crippen molar-refractivity contribution in [1.29, 1.82) is 0 Å². The molecule has 3 aromatic carbocycles. The number of carbonyl (C=O) groups excluding carboxylic acids is 3. The first kappa shape index (κ1) is 24.1. The molecular formula is C27H24N2O5S. The maximum atomic E-state index is 12.9. The summed E-state index contributed by atoms with van der Waals surface area (Å²) in [6.07, 6.45) is 3.24. The number of carbonyl (C=O) groups is 3. The minimum Gasteiger partial charge on any atom is -0.490 e. The van der Waals surface area contributed by atoms with Crippen LogP contribution >= 0.6 is 11.8 Å². The van der Waals surface area contributed by atoms with Crippen molar-refractivity contribution in [2.24, 2.45) is 0 Å². The van der Waals surface area contributed by atoms with Crippen molar-refractivity contribution in [3.8, 4) is 11.5 Å². The zero-order valence-electron chi connectivity index (χ0n) is 19.2. The summed E-state index contributed by atoms with van der Waals surface area (Å²) in [5.74, 6) is 0.115. The van der Waals surface area contributed by atoms with Crippen LogP contribution in [0, 0.1) is 0 Å². The molecule has 0 aliphatic carbocycles. The largest absolute Gasteiger partial charge is 0.490 e. The number of fused-ring (bicyclic) bond motifs is 1. The number of amides is 3. The van der Waals surface area contributed by atoms with Crippen LogP contribution in [0.5, 0.6) is 11.5 Å². The highest BCUT2D eigenvalue weighted by Gasteiger charge is 2.36. The third-order valence-corrected chi connectivity index (χ3v) is 6.07. The van der Waals surface area contributed by atoms with Crippen molar-refractivity contribution in [1.82, 2.24) is 4.90 Å². The molecule has 0 unspecified atom stereocenters. The monoisotopic (exact) mass is 488 g/mol. The zero-order valence-corrected chi connectivity index (χ0v) is 20.0. The summed E-state index contributed by atoms with van der Waals surface area (Å²) in [7, 11) is 0. The summed E-state index contributed by atoms with van der Waals surface area (Å²) in [5.41, 5.74) is 1.29. The number of ether oxygens (including phenoxy) is 2. The van der Waals surface area contributed by atoms with Crippen LogP contribution in [0.3, 0.4) is 0 Å². The van der Waals surface area contributed by atoms with E-state index >= 15 is 0 Å². The number of nitrogens with one attached hydrogen (secondary N) is 1. The molecule has 1 fully saturated rings. The number of hydrogen-bond acceptors (Lipinski definition) is 6. The Morgan fingerprint density at radius 1 is 1.06 bits per heavy atom. The molecule has 0 atom stereocenters. The lowest BCUT2D eigenvalue weighted by Gasteiger charge is -2.13. The third kappa shape index (κ3) is 5.55. The van der Waals surface area contributed by atoms with Crippen LogP contribution in [-0.2, 0) is 9.59 Å². The van der Waals surface area contributed by atoms with Gasteiger partial charge in [0, 0.05) is 11.1 Å². The van der Waals surface area contributed by atoms with Crippen molar-refractivity contribution in [3.63, 3.8) is 0 Å². The van der Waals surface area contributed by atoms with Gasteiger partial charge in [-0.2, -0.15) is 0 Å². The molecule has 35 heavy (non-hydrogen) atoms. The van der Waals surface area contributed by atoms with Crippen LogP contribution in [0.2, 0.25) is 0 Å². The molecule has 7 nitrogen and oxygen atoms in total. The number of nitrogens with zero attached hydrogens (tertiary/aromatic N) is 1. The lowest BCUT2D eigenvalue weighted by molar-refractivity contribution is -0.127. The smallest absolute Gasteiger partial charge is 0.294 e. The van der Waals surface area contributed by atoms with Crippen LogP contribution in [0.4, 0.5) is 10.5 Å². The second-order valence-corrected chi connectivity index (χ2v) is 8.57. The van der Waals surface area contributed by atoms with Crippen molar-refractivity contribution in [2.45, 2.75) is 6.92 Å². The molecule has 1 N–H and O–H groups in total. The Bertz CT molecular complexity index is 1330. The van der Waals surface area contributed by atoms with E-state index in [1.54, 1.807) is 36.4 Å². The molecule has 0 saturated carbocycles. The topological polar surface area (TPSA) is 84.9 Å². The molecule has 0 spiro atoms. The Labute approximate surface area is 207 Å². The quantitative estimate of drug-likeness (QED) is 0.317. The van der Waals surface area contributed by atoms with Gasteiger partial charge in [-0.05, 0) is 53.9 Å². The Kier molecular flexibility index (Phi) is 7.52. The van der Waals surface area contributed by atoms with E-state index < -0.39 is 17.1 Å². The average molecular weight is 489 g/mol. The minimum atomic E-state index is -0.516. The minimum absolute atomic E-state index is 0.232. The van der Waals surface area contributed by atoms with Gasteiger partial charge in [0.05, 0.1) is 11.5 Å². The molecule has 3 amide bonds. The summed E-state index contributed by atoms with van der Waals surface area (Å²) in [5, 5.41) is 4.17. The number of imide groups is 1. The van der Waals surface area contributed by atoms with E-state index in [4.69, 9.17) is 9.47 Å². The molecule has 1 saturated heterocycles. The van der Waals surface area contributed by atoms with Gasteiger partial charge in [0.15, 0.2) is 11.5 Å². The summed E-state index contributed by atoms with van der Waals surface area (Å²) in [6.45, 7) is 5.90. The van der Waals surface area contributed by atoms with E-state index in [1.165, 1.54) is 0 Å². The van der Waals surface area contributed by atoms with Crippen LogP contribution in [0.25, 0.3) is 16.8 Å². The number of hydrogen-bond donors (Lipinski definition) is 1.